The Hall–Kier alpha value is -2.54. The maximum absolute atomic E-state index is 12.3. The number of phenols is 1. The van der Waals surface area contributed by atoms with Crippen LogP contribution < -0.4 is 15.0 Å². The number of benzene rings is 1. The van der Waals surface area contributed by atoms with E-state index in [2.05, 4.69) is 9.88 Å². The molecule has 2 heterocycles. The average molecular weight is 357 g/mol. The first kappa shape index (κ1) is 16.9. The molecule has 0 spiro atoms. The summed E-state index contributed by atoms with van der Waals surface area (Å²) < 4.78 is 10.8. The first-order chi connectivity index (χ1) is 12.6. The van der Waals surface area contributed by atoms with Gasteiger partial charge >= 0.3 is 0 Å². The van der Waals surface area contributed by atoms with Gasteiger partial charge in [0.05, 0.1) is 25.5 Å². The van der Waals surface area contributed by atoms with Crippen LogP contribution in [0.15, 0.2) is 16.9 Å². The fourth-order valence-electron chi connectivity index (χ4n) is 3.55. The standard InChI is InChI=1S/C19H23N3O4/c1-25-16-7-12(23)8-17(26-2)14(16)9-22-6-5-13-15(10-22)20-18(11-3-4-11)21-19(13)24/h7-8,11,23H,3-6,9-10H2,1-2H3,(H,20,21,24). The second kappa shape index (κ2) is 6.64. The van der Waals surface area contributed by atoms with E-state index in [0.717, 1.165) is 42.0 Å². The number of hydrogen-bond donors (Lipinski definition) is 2. The van der Waals surface area contributed by atoms with Crippen molar-refractivity contribution >= 4 is 0 Å². The molecular weight excluding hydrogens is 334 g/mol. The van der Waals surface area contributed by atoms with Crippen LogP contribution in [0.25, 0.3) is 0 Å². The van der Waals surface area contributed by atoms with Crippen LogP contribution in [0.4, 0.5) is 0 Å². The van der Waals surface area contributed by atoms with Gasteiger partial charge < -0.3 is 19.6 Å². The van der Waals surface area contributed by atoms with Crippen molar-refractivity contribution in [2.24, 2.45) is 0 Å². The number of rotatable bonds is 5. The van der Waals surface area contributed by atoms with Gasteiger partial charge in [-0.1, -0.05) is 0 Å². The van der Waals surface area contributed by atoms with Crippen molar-refractivity contribution in [2.75, 3.05) is 20.8 Å². The zero-order valence-electron chi connectivity index (χ0n) is 15.0. The number of aromatic hydroxyl groups is 1. The second-order valence-corrected chi connectivity index (χ2v) is 6.94. The number of fused-ring (bicyclic) bond motifs is 1. The van der Waals surface area contributed by atoms with Crippen molar-refractivity contribution in [2.45, 2.75) is 38.3 Å². The summed E-state index contributed by atoms with van der Waals surface area (Å²) in [7, 11) is 3.15. The molecule has 1 aromatic carbocycles. The molecule has 26 heavy (non-hydrogen) atoms. The highest BCUT2D eigenvalue weighted by Gasteiger charge is 2.29. The lowest BCUT2D eigenvalue weighted by atomic mass is 10.0. The Balaban J connectivity index is 1.61. The fraction of sp³-hybridized carbons (Fsp3) is 0.474. The van der Waals surface area contributed by atoms with Gasteiger partial charge in [0.2, 0.25) is 0 Å². The van der Waals surface area contributed by atoms with Crippen molar-refractivity contribution in [1.82, 2.24) is 14.9 Å². The number of methoxy groups -OCH3 is 2. The quantitative estimate of drug-likeness (QED) is 0.850. The number of aromatic amines is 1. The molecule has 0 unspecified atom stereocenters. The molecule has 7 heteroatoms. The van der Waals surface area contributed by atoms with E-state index in [4.69, 9.17) is 14.5 Å². The number of hydrogen-bond acceptors (Lipinski definition) is 6. The molecule has 0 bridgehead atoms. The summed E-state index contributed by atoms with van der Waals surface area (Å²) in [5.74, 6) is 2.53. The molecule has 0 atom stereocenters. The van der Waals surface area contributed by atoms with Gasteiger partial charge in [-0.2, -0.15) is 0 Å². The van der Waals surface area contributed by atoms with E-state index in [1.165, 1.54) is 0 Å². The van der Waals surface area contributed by atoms with Gasteiger partial charge in [0.15, 0.2) is 0 Å². The predicted octanol–water partition coefficient (Wildman–Crippen LogP) is 1.93. The average Bonchev–Trinajstić information content (AvgIpc) is 3.47. The Morgan fingerprint density at radius 1 is 1.27 bits per heavy atom. The zero-order chi connectivity index (χ0) is 18.3. The molecule has 2 N–H and O–H groups in total. The van der Waals surface area contributed by atoms with Crippen molar-refractivity contribution < 1.29 is 14.6 Å². The Morgan fingerprint density at radius 3 is 2.58 bits per heavy atom. The number of H-pyrrole nitrogens is 1. The molecule has 1 aliphatic heterocycles. The summed E-state index contributed by atoms with van der Waals surface area (Å²) in [5, 5.41) is 9.81. The molecule has 1 aromatic heterocycles. The maximum Gasteiger partial charge on any atom is 0.254 e. The number of phenolic OH excluding ortho intramolecular Hbond substituents is 1. The smallest absolute Gasteiger partial charge is 0.254 e. The molecule has 0 amide bonds. The fourth-order valence-corrected chi connectivity index (χ4v) is 3.55. The van der Waals surface area contributed by atoms with E-state index in [-0.39, 0.29) is 11.3 Å². The molecule has 2 aromatic rings. The molecule has 0 radical (unpaired) electrons. The second-order valence-electron chi connectivity index (χ2n) is 6.94. The topological polar surface area (TPSA) is 87.7 Å². The highest BCUT2D eigenvalue weighted by atomic mass is 16.5. The van der Waals surface area contributed by atoms with Crippen LogP contribution in [0.5, 0.6) is 17.2 Å². The summed E-state index contributed by atoms with van der Waals surface area (Å²) >= 11 is 0. The van der Waals surface area contributed by atoms with Gasteiger partial charge in [-0.3, -0.25) is 9.69 Å². The number of nitrogens with one attached hydrogen (secondary N) is 1. The predicted molar refractivity (Wildman–Crippen MR) is 95.9 cm³/mol. The highest BCUT2D eigenvalue weighted by Crippen LogP contribution is 2.38. The molecule has 138 valence electrons. The van der Waals surface area contributed by atoms with Gasteiger partial charge in [-0.25, -0.2) is 4.98 Å². The number of ether oxygens (including phenoxy) is 2. The minimum absolute atomic E-state index is 0.0105. The van der Waals surface area contributed by atoms with Crippen LogP contribution in [0, 0.1) is 0 Å². The Bertz CT molecular complexity index is 864. The Kier molecular flexibility index (Phi) is 4.32. The van der Waals surface area contributed by atoms with Gasteiger partial charge in [-0.15, -0.1) is 0 Å². The maximum atomic E-state index is 12.3. The third kappa shape index (κ3) is 3.14. The van der Waals surface area contributed by atoms with Crippen LogP contribution in [-0.2, 0) is 19.5 Å². The SMILES string of the molecule is COc1cc(O)cc(OC)c1CN1CCc2c(nc(C3CC3)[nH]c2=O)C1. The highest BCUT2D eigenvalue weighted by molar-refractivity contribution is 5.50. The van der Waals surface area contributed by atoms with E-state index in [9.17, 15) is 9.90 Å². The minimum atomic E-state index is 0.0105. The van der Waals surface area contributed by atoms with Crippen LogP contribution in [-0.4, -0.2) is 40.7 Å². The summed E-state index contributed by atoms with van der Waals surface area (Å²) in [4.78, 5) is 22.2. The van der Waals surface area contributed by atoms with Crippen LogP contribution in [0.3, 0.4) is 0 Å². The Labute approximate surface area is 151 Å². The van der Waals surface area contributed by atoms with Gasteiger partial charge in [0, 0.05) is 43.2 Å². The normalized spacial score (nSPS) is 17.0. The molecule has 4 rings (SSSR count). The largest absolute Gasteiger partial charge is 0.508 e. The molecule has 1 saturated carbocycles. The zero-order valence-corrected chi connectivity index (χ0v) is 15.0. The van der Waals surface area contributed by atoms with E-state index < -0.39 is 0 Å². The summed E-state index contributed by atoms with van der Waals surface area (Å²) in [6.07, 6.45) is 2.88. The Morgan fingerprint density at radius 2 is 1.96 bits per heavy atom. The van der Waals surface area contributed by atoms with E-state index in [0.29, 0.717) is 36.9 Å². The molecule has 1 aliphatic carbocycles. The summed E-state index contributed by atoms with van der Waals surface area (Å²) in [6, 6.07) is 3.17. The molecule has 1 fully saturated rings. The third-order valence-electron chi connectivity index (χ3n) is 5.11. The molecular formula is C19H23N3O4. The number of nitrogens with zero attached hydrogens (tertiary/aromatic N) is 2. The third-order valence-corrected chi connectivity index (χ3v) is 5.11. The van der Waals surface area contributed by atoms with Gasteiger partial charge in [0.1, 0.15) is 23.1 Å². The first-order valence-corrected chi connectivity index (χ1v) is 8.87. The van der Waals surface area contributed by atoms with Crippen LogP contribution in [0.2, 0.25) is 0 Å². The molecule has 2 aliphatic rings. The monoisotopic (exact) mass is 357 g/mol. The first-order valence-electron chi connectivity index (χ1n) is 8.87. The van der Waals surface area contributed by atoms with Crippen molar-refractivity contribution in [1.29, 1.82) is 0 Å². The van der Waals surface area contributed by atoms with Gasteiger partial charge in [0.25, 0.3) is 5.56 Å². The van der Waals surface area contributed by atoms with Gasteiger partial charge in [-0.05, 0) is 19.3 Å². The van der Waals surface area contributed by atoms with Crippen molar-refractivity contribution in [3.8, 4) is 17.2 Å². The minimum Gasteiger partial charge on any atom is -0.508 e. The lowest BCUT2D eigenvalue weighted by Crippen LogP contribution is -2.35. The summed E-state index contributed by atoms with van der Waals surface area (Å²) in [5.41, 5.74) is 2.56. The van der Waals surface area contributed by atoms with Crippen LogP contribution in [0.1, 0.15) is 41.4 Å². The lowest BCUT2D eigenvalue weighted by Gasteiger charge is -2.28. The van der Waals surface area contributed by atoms with Crippen molar-refractivity contribution in [3.05, 3.63) is 45.1 Å². The van der Waals surface area contributed by atoms with E-state index in [1.807, 2.05) is 0 Å². The number of aromatic nitrogens is 2. The van der Waals surface area contributed by atoms with Crippen molar-refractivity contribution in [3.63, 3.8) is 0 Å². The van der Waals surface area contributed by atoms with E-state index >= 15 is 0 Å². The van der Waals surface area contributed by atoms with E-state index in [1.54, 1.807) is 26.4 Å². The van der Waals surface area contributed by atoms with Crippen LogP contribution >= 0.6 is 0 Å². The molecule has 7 nitrogen and oxygen atoms in total. The summed E-state index contributed by atoms with van der Waals surface area (Å²) in [6.45, 7) is 1.97. The lowest BCUT2D eigenvalue weighted by molar-refractivity contribution is 0.232. The molecule has 0 saturated heterocycles.